The number of hydrogen-bond donors (Lipinski definition) is 1. The zero-order valence-corrected chi connectivity index (χ0v) is 28.0. The predicted octanol–water partition coefficient (Wildman–Crippen LogP) is 6.50. The molecule has 0 spiro atoms. The molecule has 0 heterocycles. The summed E-state index contributed by atoms with van der Waals surface area (Å²) in [5.74, 6) is -0.447. The van der Waals surface area contributed by atoms with Crippen molar-refractivity contribution in [3.63, 3.8) is 0 Å². The van der Waals surface area contributed by atoms with E-state index in [0.29, 0.717) is 27.9 Å². The van der Waals surface area contributed by atoms with E-state index in [1.807, 2.05) is 20.1 Å². The summed E-state index contributed by atoms with van der Waals surface area (Å²) in [6, 6.07) is 17.1. The number of carbonyl (C=O) groups excluding carboxylic acids is 2. The summed E-state index contributed by atoms with van der Waals surface area (Å²) >= 11 is 13.8. The van der Waals surface area contributed by atoms with E-state index in [1.165, 1.54) is 28.8 Å². The molecule has 1 unspecified atom stereocenters. The molecule has 3 rings (SSSR count). The summed E-state index contributed by atoms with van der Waals surface area (Å²) in [6.45, 7) is 7.46. The van der Waals surface area contributed by atoms with Gasteiger partial charge in [0.2, 0.25) is 11.8 Å². The van der Waals surface area contributed by atoms with Crippen molar-refractivity contribution in [1.29, 1.82) is 0 Å². The van der Waals surface area contributed by atoms with Gasteiger partial charge in [0.25, 0.3) is 10.0 Å². The van der Waals surface area contributed by atoms with Gasteiger partial charge in [-0.1, -0.05) is 55.2 Å². The number of benzene rings is 3. The van der Waals surface area contributed by atoms with E-state index in [1.54, 1.807) is 68.4 Å². The molecule has 0 saturated heterocycles. The Bertz CT molecular complexity index is 1520. The number of thioether (sulfide) groups is 1. The van der Waals surface area contributed by atoms with Gasteiger partial charge in [0.15, 0.2) is 0 Å². The molecular weight excluding hydrogens is 629 g/mol. The molecular formula is C31H37Cl2N3O5S2. The summed E-state index contributed by atoms with van der Waals surface area (Å²) in [7, 11) is -4.24. The van der Waals surface area contributed by atoms with Crippen LogP contribution in [0.5, 0.6) is 5.75 Å². The highest BCUT2D eigenvalue weighted by Crippen LogP contribution is 2.33. The minimum absolute atomic E-state index is 0.00456. The molecule has 3 aromatic carbocycles. The molecule has 1 N–H and O–H groups in total. The number of carbonyl (C=O) groups is 2. The first-order valence-corrected chi connectivity index (χ1v) is 17.2. The van der Waals surface area contributed by atoms with Crippen LogP contribution >= 0.6 is 35.0 Å². The van der Waals surface area contributed by atoms with Crippen molar-refractivity contribution in [2.45, 2.75) is 50.1 Å². The first kappa shape index (κ1) is 34.6. The van der Waals surface area contributed by atoms with Crippen molar-refractivity contribution in [3.8, 4) is 5.75 Å². The molecule has 43 heavy (non-hydrogen) atoms. The average Bonchev–Trinajstić information content (AvgIpc) is 2.99. The van der Waals surface area contributed by atoms with Crippen LogP contribution < -0.4 is 14.4 Å². The fourth-order valence-electron chi connectivity index (χ4n) is 4.20. The Hall–Kier alpha value is -2.92. The third-order valence-corrected chi connectivity index (χ3v) is 9.81. The number of ether oxygens (including phenoxy) is 1. The van der Waals surface area contributed by atoms with Crippen molar-refractivity contribution in [2.24, 2.45) is 5.92 Å². The highest BCUT2D eigenvalue weighted by Gasteiger charge is 2.34. The van der Waals surface area contributed by atoms with E-state index in [-0.39, 0.29) is 35.6 Å². The van der Waals surface area contributed by atoms with Crippen molar-refractivity contribution in [1.82, 2.24) is 10.2 Å². The number of sulfonamides is 1. The van der Waals surface area contributed by atoms with Gasteiger partial charge in [0.05, 0.1) is 27.2 Å². The number of anilines is 1. The van der Waals surface area contributed by atoms with Crippen molar-refractivity contribution in [2.75, 3.05) is 30.3 Å². The van der Waals surface area contributed by atoms with Gasteiger partial charge in [-0.15, -0.1) is 11.8 Å². The zero-order chi connectivity index (χ0) is 31.7. The van der Waals surface area contributed by atoms with Gasteiger partial charge >= 0.3 is 0 Å². The van der Waals surface area contributed by atoms with Crippen LogP contribution in [-0.2, 0) is 26.2 Å². The first-order valence-electron chi connectivity index (χ1n) is 13.8. The van der Waals surface area contributed by atoms with Crippen LogP contribution in [0.4, 0.5) is 5.69 Å². The van der Waals surface area contributed by atoms with Gasteiger partial charge in [-0.3, -0.25) is 13.9 Å². The third kappa shape index (κ3) is 9.04. The van der Waals surface area contributed by atoms with Crippen LogP contribution in [0.2, 0.25) is 10.0 Å². The summed E-state index contributed by atoms with van der Waals surface area (Å²) in [6.07, 6.45) is 1.90. The Morgan fingerprint density at radius 1 is 0.977 bits per heavy atom. The molecule has 0 aliphatic heterocycles. The van der Waals surface area contributed by atoms with E-state index < -0.39 is 28.5 Å². The Labute approximate surface area is 268 Å². The summed E-state index contributed by atoms with van der Waals surface area (Å²) in [5, 5.41) is 3.52. The lowest BCUT2D eigenvalue weighted by atomic mass is 10.1. The maximum atomic E-state index is 14.2. The topological polar surface area (TPSA) is 96.0 Å². The zero-order valence-electron chi connectivity index (χ0n) is 24.8. The predicted molar refractivity (Wildman–Crippen MR) is 175 cm³/mol. The second-order valence-corrected chi connectivity index (χ2v) is 13.7. The summed E-state index contributed by atoms with van der Waals surface area (Å²) < 4.78 is 35.1. The number of rotatable bonds is 14. The minimum atomic E-state index is -4.24. The second-order valence-electron chi connectivity index (χ2n) is 10.2. The van der Waals surface area contributed by atoms with Crippen LogP contribution in [0, 0.1) is 5.92 Å². The Morgan fingerprint density at radius 2 is 1.65 bits per heavy atom. The number of halogens is 2. The monoisotopic (exact) mass is 665 g/mol. The lowest BCUT2D eigenvalue weighted by Crippen LogP contribution is -2.51. The molecule has 0 aromatic heterocycles. The molecule has 0 saturated carbocycles. The molecule has 8 nitrogen and oxygen atoms in total. The lowest BCUT2D eigenvalue weighted by molar-refractivity contribution is -0.139. The van der Waals surface area contributed by atoms with Gasteiger partial charge in [0, 0.05) is 18.0 Å². The first-order chi connectivity index (χ1) is 20.4. The molecule has 0 bridgehead atoms. The van der Waals surface area contributed by atoms with Crippen LogP contribution in [0.15, 0.2) is 76.5 Å². The summed E-state index contributed by atoms with van der Waals surface area (Å²) in [5.41, 5.74) is 0.834. The SMILES string of the molecule is CCOc1ccccc1N(CC(=O)N(Cc1ccc(Cl)c(Cl)c1)C(C)C(=O)NCC(C)C)S(=O)(=O)c1ccc(SC)cc1. The fraction of sp³-hybridized carbons (Fsp3) is 0.355. The molecule has 0 aliphatic rings. The minimum Gasteiger partial charge on any atom is -0.492 e. The Balaban J connectivity index is 2.08. The van der Waals surface area contributed by atoms with E-state index in [4.69, 9.17) is 27.9 Å². The van der Waals surface area contributed by atoms with E-state index >= 15 is 0 Å². The number of amides is 2. The molecule has 232 valence electrons. The second kappa shape index (κ2) is 15.7. The van der Waals surface area contributed by atoms with Gasteiger partial charge < -0.3 is 15.0 Å². The highest BCUT2D eigenvalue weighted by atomic mass is 35.5. The van der Waals surface area contributed by atoms with Crippen molar-refractivity contribution in [3.05, 3.63) is 82.3 Å². The van der Waals surface area contributed by atoms with Crippen LogP contribution in [0.3, 0.4) is 0 Å². The third-order valence-electron chi connectivity index (χ3n) is 6.55. The standard InChI is InChI=1S/C31H37Cl2N3O5S2/c1-6-41-29-10-8-7-9-28(29)36(43(39,40)25-14-12-24(42-5)13-15-25)20-30(37)35(22(4)31(38)34-18-21(2)3)19-23-11-16-26(32)27(33)17-23/h7-17,21-22H,6,18-20H2,1-5H3,(H,34,38). The molecule has 0 radical (unpaired) electrons. The van der Waals surface area contributed by atoms with Crippen LogP contribution in [-0.4, -0.2) is 57.1 Å². The molecule has 3 aromatic rings. The van der Waals surface area contributed by atoms with Gasteiger partial charge in [-0.2, -0.15) is 0 Å². The van der Waals surface area contributed by atoms with Crippen molar-refractivity contribution < 1.29 is 22.7 Å². The molecule has 0 fully saturated rings. The largest absolute Gasteiger partial charge is 0.492 e. The normalized spacial score (nSPS) is 12.1. The molecule has 12 heteroatoms. The van der Waals surface area contributed by atoms with Gasteiger partial charge in [0.1, 0.15) is 18.3 Å². The smallest absolute Gasteiger partial charge is 0.264 e. The van der Waals surface area contributed by atoms with Gasteiger partial charge in [-0.05, 0) is 80.1 Å². The Kier molecular flexibility index (Phi) is 12.6. The fourth-order valence-corrected chi connectivity index (χ4v) is 6.35. The quantitative estimate of drug-likeness (QED) is 0.198. The maximum absolute atomic E-state index is 14.2. The van der Waals surface area contributed by atoms with Crippen LogP contribution in [0.1, 0.15) is 33.3 Å². The average molecular weight is 667 g/mol. The number of hydrogen-bond acceptors (Lipinski definition) is 6. The van der Waals surface area contributed by atoms with E-state index in [0.717, 1.165) is 9.20 Å². The number of nitrogens with one attached hydrogen (secondary N) is 1. The van der Waals surface area contributed by atoms with E-state index in [2.05, 4.69) is 5.32 Å². The van der Waals surface area contributed by atoms with Crippen LogP contribution in [0.25, 0.3) is 0 Å². The molecule has 0 aliphatic carbocycles. The highest BCUT2D eigenvalue weighted by molar-refractivity contribution is 7.98. The lowest BCUT2D eigenvalue weighted by Gasteiger charge is -2.32. The van der Waals surface area contributed by atoms with E-state index in [9.17, 15) is 18.0 Å². The summed E-state index contributed by atoms with van der Waals surface area (Å²) in [4.78, 5) is 29.6. The molecule has 1 atom stereocenters. The Morgan fingerprint density at radius 3 is 2.26 bits per heavy atom. The number of nitrogens with zero attached hydrogens (tertiary/aromatic N) is 2. The maximum Gasteiger partial charge on any atom is 0.264 e. The molecule has 2 amide bonds. The van der Waals surface area contributed by atoms with Crippen molar-refractivity contribution >= 4 is 62.5 Å². The van der Waals surface area contributed by atoms with Gasteiger partial charge in [-0.25, -0.2) is 8.42 Å². The number of para-hydroxylation sites is 2.